The fourth-order valence-corrected chi connectivity index (χ4v) is 6.05. The summed E-state index contributed by atoms with van der Waals surface area (Å²) >= 11 is 6.38. The summed E-state index contributed by atoms with van der Waals surface area (Å²) in [6.45, 7) is 3.28. The van der Waals surface area contributed by atoms with Crippen LogP contribution in [0.2, 0.25) is 5.02 Å². The first-order valence-electron chi connectivity index (χ1n) is 12.0. The van der Waals surface area contributed by atoms with Gasteiger partial charge in [0.25, 0.3) is 10.0 Å². The Morgan fingerprint density at radius 3 is 2.54 bits per heavy atom. The number of rotatable bonds is 9. The molecule has 0 bridgehead atoms. The van der Waals surface area contributed by atoms with Crippen molar-refractivity contribution in [2.45, 2.75) is 48.3 Å². The maximum Gasteiger partial charge on any atom is 0.416 e. The van der Waals surface area contributed by atoms with E-state index in [9.17, 15) is 21.6 Å². The summed E-state index contributed by atoms with van der Waals surface area (Å²) in [6, 6.07) is 7.07. The molecule has 1 aliphatic carbocycles. The van der Waals surface area contributed by atoms with E-state index < -0.39 is 32.5 Å². The van der Waals surface area contributed by atoms with Crippen LogP contribution in [0.5, 0.6) is 0 Å². The first-order chi connectivity index (χ1) is 18.3. The van der Waals surface area contributed by atoms with Gasteiger partial charge in [-0.1, -0.05) is 29.8 Å². The standard InChI is InChI=1S/C26H30ClF4N5O2S/c1-32-11-10-25(33-2)35-39(37,38)24-14-19(27)22(15-20(24)28)34-21-9-8-17(13-23(21)36(3)4)16-6-5-7-18(12-16)26(29,30)31/h5-7,10-12,14-15,17,21,23,34-35H,2,8-9,13H2,1,3-4H3/b25-10+,32-11?/t17-,21-,23-/m0/s1. The van der Waals surface area contributed by atoms with Gasteiger partial charge in [0.1, 0.15) is 16.5 Å². The summed E-state index contributed by atoms with van der Waals surface area (Å²) < 4.78 is 82.4. The van der Waals surface area contributed by atoms with E-state index in [1.54, 1.807) is 6.07 Å². The van der Waals surface area contributed by atoms with Crippen LogP contribution in [0.15, 0.2) is 63.2 Å². The number of benzene rings is 2. The van der Waals surface area contributed by atoms with Crippen LogP contribution in [0, 0.1) is 5.82 Å². The maximum absolute atomic E-state index is 15.0. The average Bonchev–Trinajstić information content (AvgIpc) is 2.88. The normalized spacial score (nSPS) is 20.8. The molecular formula is C26H30ClF4N5O2S. The van der Waals surface area contributed by atoms with Gasteiger partial charge < -0.3 is 10.2 Å². The third kappa shape index (κ3) is 7.58. The number of alkyl halides is 3. The molecule has 0 aliphatic heterocycles. The number of nitrogens with one attached hydrogen (secondary N) is 2. The van der Waals surface area contributed by atoms with Crippen LogP contribution in [-0.2, 0) is 16.2 Å². The summed E-state index contributed by atoms with van der Waals surface area (Å²) in [6.07, 6.45) is -0.127. The number of halogens is 5. The highest BCUT2D eigenvalue weighted by Gasteiger charge is 2.35. The molecule has 0 heterocycles. The number of sulfonamides is 1. The smallest absolute Gasteiger partial charge is 0.379 e. The molecule has 1 aliphatic rings. The molecule has 0 amide bonds. The Balaban J connectivity index is 1.82. The Bertz CT molecular complexity index is 1360. The first-order valence-corrected chi connectivity index (χ1v) is 13.8. The van der Waals surface area contributed by atoms with Gasteiger partial charge in [-0.15, -0.1) is 0 Å². The molecule has 1 fully saturated rings. The second-order valence-corrected chi connectivity index (χ2v) is 11.5. The maximum atomic E-state index is 15.0. The quantitative estimate of drug-likeness (QED) is 0.291. The molecule has 13 heteroatoms. The predicted octanol–water partition coefficient (Wildman–Crippen LogP) is 5.70. The Labute approximate surface area is 230 Å². The summed E-state index contributed by atoms with van der Waals surface area (Å²) in [5.74, 6) is -1.27. The Morgan fingerprint density at radius 2 is 1.92 bits per heavy atom. The van der Waals surface area contributed by atoms with E-state index in [2.05, 4.69) is 26.7 Å². The highest BCUT2D eigenvalue weighted by atomic mass is 35.5. The number of nitrogens with zero attached hydrogens (tertiary/aromatic N) is 3. The molecule has 2 aromatic rings. The van der Waals surface area contributed by atoms with E-state index in [0.717, 1.165) is 18.2 Å². The fraction of sp³-hybridized carbons (Fsp3) is 0.385. The van der Waals surface area contributed by atoms with Crippen molar-refractivity contribution in [2.75, 3.05) is 26.5 Å². The number of aliphatic imine (C=N–C) groups is 2. The summed E-state index contributed by atoms with van der Waals surface area (Å²) in [4.78, 5) is 8.55. The van der Waals surface area contributed by atoms with Crippen molar-refractivity contribution in [1.29, 1.82) is 0 Å². The van der Waals surface area contributed by atoms with Crippen LogP contribution in [0.3, 0.4) is 0 Å². The molecule has 2 aromatic carbocycles. The molecule has 7 nitrogen and oxygen atoms in total. The van der Waals surface area contributed by atoms with Gasteiger partial charge in [0.05, 0.1) is 16.3 Å². The molecule has 2 N–H and O–H groups in total. The van der Waals surface area contributed by atoms with E-state index in [1.807, 2.05) is 19.0 Å². The van der Waals surface area contributed by atoms with Gasteiger partial charge in [-0.2, -0.15) is 13.2 Å². The lowest BCUT2D eigenvalue weighted by Gasteiger charge is -2.41. The van der Waals surface area contributed by atoms with E-state index in [4.69, 9.17) is 11.6 Å². The largest absolute Gasteiger partial charge is 0.416 e. The zero-order chi connectivity index (χ0) is 29.0. The first kappa shape index (κ1) is 30.6. The van der Waals surface area contributed by atoms with Crippen molar-refractivity contribution < 1.29 is 26.0 Å². The van der Waals surface area contributed by atoms with Crippen molar-refractivity contribution in [3.05, 3.63) is 70.3 Å². The van der Waals surface area contributed by atoms with Gasteiger partial charge in [-0.3, -0.25) is 9.71 Å². The monoisotopic (exact) mass is 587 g/mol. The second kappa shape index (κ2) is 12.5. The van der Waals surface area contributed by atoms with Gasteiger partial charge in [-0.25, -0.2) is 17.8 Å². The lowest BCUT2D eigenvalue weighted by molar-refractivity contribution is -0.137. The van der Waals surface area contributed by atoms with Crippen LogP contribution in [-0.4, -0.2) is 59.5 Å². The SMILES string of the molecule is C=N/C(=C\C=NC)NS(=O)(=O)c1cc(Cl)c(N[C@H]2CC[C@H](c3cccc(C(F)(F)F)c3)C[C@@H]2N(C)C)cc1F. The van der Waals surface area contributed by atoms with Gasteiger partial charge in [0.15, 0.2) is 0 Å². The van der Waals surface area contributed by atoms with Crippen LogP contribution in [0.4, 0.5) is 23.2 Å². The number of hydrogen-bond acceptors (Lipinski definition) is 6. The van der Waals surface area contributed by atoms with Gasteiger partial charge in [0, 0.05) is 25.3 Å². The van der Waals surface area contributed by atoms with E-state index >= 15 is 4.39 Å². The number of anilines is 1. The lowest BCUT2D eigenvalue weighted by Crippen LogP contribution is -2.47. The molecule has 0 spiro atoms. The van der Waals surface area contributed by atoms with Crippen LogP contribution >= 0.6 is 11.6 Å². The number of allylic oxidation sites excluding steroid dienone is 1. The van der Waals surface area contributed by atoms with Crippen LogP contribution in [0.25, 0.3) is 0 Å². The van der Waals surface area contributed by atoms with Gasteiger partial charge >= 0.3 is 6.18 Å². The number of likely N-dealkylation sites (N-methyl/N-ethyl adjacent to an activating group) is 1. The zero-order valence-corrected chi connectivity index (χ0v) is 23.2. The molecule has 3 atom stereocenters. The minimum Gasteiger partial charge on any atom is -0.379 e. The molecular weight excluding hydrogens is 558 g/mol. The third-order valence-electron chi connectivity index (χ3n) is 6.61. The topological polar surface area (TPSA) is 86.2 Å². The van der Waals surface area contributed by atoms with Gasteiger partial charge in [-0.05, 0) is 75.8 Å². The summed E-state index contributed by atoms with van der Waals surface area (Å²) in [5.41, 5.74) is 0.144. The summed E-state index contributed by atoms with van der Waals surface area (Å²) in [5, 5.41) is 3.21. The zero-order valence-electron chi connectivity index (χ0n) is 21.6. The van der Waals surface area contributed by atoms with E-state index in [1.165, 1.54) is 31.5 Å². The van der Waals surface area contributed by atoms with Crippen molar-refractivity contribution >= 4 is 40.2 Å². The molecule has 0 radical (unpaired) electrons. The van der Waals surface area contributed by atoms with E-state index in [-0.39, 0.29) is 34.5 Å². The Kier molecular flexibility index (Phi) is 9.78. The number of hydrogen-bond donors (Lipinski definition) is 2. The molecule has 0 saturated heterocycles. The van der Waals surface area contributed by atoms with Crippen molar-refractivity contribution in [3.8, 4) is 0 Å². The highest BCUT2D eigenvalue weighted by molar-refractivity contribution is 7.89. The minimum absolute atomic E-state index is 0.0125. The molecule has 39 heavy (non-hydrogen) atoms. The fourth-order valence-electron chi connectivity index (χ4n) is 4.66. The Morgan fingerprint density at radius 1 is 1.21 bits per heavy atom. The lowest BCUT2D eigenvalue weighted by atomic mass is 9.78. The molecule has 212 valence electrons. The molecule has 0 unspecified atom stereocenters. The van der Waals surface area contributed by atoms with Crippen molar-refractivity contribution in [3.63, 3.8) is 0 Å². The third-order valence-corrected chi connectivity index (χ3v) is 8.29. The molecule has 3 rings (SSSR count). The van der Waals surface area contributed by atoms with Crippen molar-refractivity contribution in [2.24, 2.45) is 9.98 Å². The van der Waals surface area contributed by atoms with Gasteiger partial charge in [0.2, 0.25) is 0 Å². The van der Waals surface area contributed by atoms with E-state index in [0.29, 0.717) is 24.8 Å². The summed E-state index contributed by atoms with van der Waals surface area (Å²) in [7, 11) is 0.832. The predicted molar refractivity (Wildman–Crippen MR) is 147 cm³/mol. The molecule has 1 saturated carbocycles. The second-order valence-electron chi connectivity index (χ2n) is 9.40. The average molecular weight is 588 g/mol. The highest BCUT2D eigenvalue weighted by Crippen LogP contribution is 2.39. The Hall–Kier alpha value is -2.96. The van der Waals surface area contributed by atoms with Crippen LogP contribution < -0.4 is 10.0 Å². The molecule has 0 aromatic heterocycles. The van der Waals surface area contributed by atoms with Crippen molar-refractivity contribution in [1.82, 2.24) is 9.62 Å². The van der Waals surface area contributed by atoms with Crippen LogP contribution in [0.1, 0.15) is 36.3 Å². The minimum atomic E-state index is -4.42.